The van der Waals surface area contributed by atoms with Crippen LogP contribution in [0.3, 0.4) is 0 Å². The number of aliphatic hydroxyl groups excluding tert-OH is 7. The molecule has 6 aliphatic rings. The van der Waals surface area contributed by atoms with Crippen molar-refractivity contribution in [2.75, 3.05) is 19.8 Å². The van der Waals surface area contributed by atoms with Crippen LogP contribution in [0.2, 0.25) is 0 Å². The van der Waals surface area contributed by atoms with Crippen molar-refractivity contribution in [1.82, 2.24) is 0 Å². The van der Waals surface area contributed by atoms with Gasteiger partial charge < -0.3 is 64.2 Å². The summed E-state index contributed by atoms with van der Waals surface area (Å²) in [6, 6.07) is 0. The molecule has 0 aromatic heterocycles. The molecule has 14 heteroatoms. The third kappa shape index (κ3) is 8.00. The van der Waals surface area contributed by atoms with Crippen LogP contribution in [-0.4, -0.2) is 135 Å². The molecule has 14 nitrogen and oxygen atoms in total. The highest BCUT2D eigenvalue weighted by Gasteiger charge is 2.63. The molecule has 6 fully saturated rings. The van der Waals surface area contributed by atoms with Gasteiger partial charge in [0.1, 0.15) is 24.4 Å². The molecular weight excluding hydrogens is 692 g/mol. The minimum absolute atomic E-state index is 0.0177. The number of fused-ring (bicyclic) bond motifs is 3. The Hall–Kier alpha value is -1.27. The maximum Gasteiger partial charge on any atom is 0.314 e. The highest BCUT2D eigenvalue weighted by Crippen LogP contribution is 2.68. The zero-order chi connectivity index (χ0) is 38.5. The summed E-state index contributed by atoms with van der Waals surface area (Å²) in [5.74, 6) is -0.123. The van der Waals surface area contributed by atoms with Crippen molar-refractivity contribution in [3.8, 4) is 0 Å². The molecule has 7 N–H and O–H groups in total. The predicted octanol–water partition coefficient (Wildman–Crippen LogP) is 1.81. The molecule has 3 aliphatic carbocycles. The molecule has 6 rings (SSSR count). The van der Waals surface area contributed by atoms with E-state index in [1.165, 1.54) is 0 Å². The van der Waals surface area contributed by atoms with E-state index in [4.69, 9.17) is 28.4 Å². The van der Waals surface area contributed by atoms with E-state index in [9.17, 15) is 40.5 Å². The first-order valence-corrected chi connectivity index (χ1v) is 19.7. The first-order valence-electron chi connectivity index (χ1n) is 19.7. The molecule has 3 saturated carbocycles. The van der Waals surface area contributed by atoms with E-state index in [-0.39, 0.29) is 60.9 Å². The summed E-state index contributed by atoms with van der Waals surface area (Å²) in [6.45, 7) is 11.9. The van der Waals surface area contributed by atoms with Gasteiger partial charge in [0.25, 0.3) is 0 Å². The summed E-state index contributed by atoms with van der Waals surface area (Å²) in [6.07, 6.45) is -3.74. The third-order valence-electron chi connectivity index (χ3n) is 14.2. The van der Waals surface area contributed by atoms with Crippen LogP contribution in [0.1, 0.15) is 105 Å². The second kappa shape index (κ2) is 15.9. The van der Waals surface area contributed by atoms with Gasteiger partial charge in [-0.15, -0.1) is 0 Å². The van der Waals surface area contributed by atoms with Crippen molar-refractivity contribution in [3.05, 3.63) is 12.2 Å². The summed E-state index contributed by atoms with van der Waals surface area (Å²) in [7, 11) is 0. The Morgan fingerprint density at radius 2 is 1.45 bits per heavy atom. The van der Waals surface area contributed by atoms with E-state index < -0.39 is 91.9 Å². The first-order chi connectivity index (χ1) is 25.0. The largest absolute Gasteiger partial charge is 0.435 e. The Balaban J connectivity index is 1.13. The number of esters is 1. The van der Waals surface area contributed by atoms with Crippen LogP contribution >= 0.6 is 0 Å². The monoisotopic (exact) mass is 756 g/mol. The molecule has 53 heavy (non-hydrogen) atoms. The standard InChI is InChI=1S/C39H64O14/c1-21-17-36(2)11-7-29-37(3,28(36)8-12-39(21,5)53-32-15-24(44)33(46)26(19-41)49-32)9-6-10-38(29,4)35(47)52-31-16-25(45)34(27(20-42)50-31)51-30-14-22(43)13-23(18-40)48-30/h22-34,40-46H,1,6-20H2,2-5H3/t22-,23-,24+,25+,26+,27+,28+,29-,30-,31-,32-,33-,34-,36+,37-,38+,39+/m0/s1. The Labute approximate surface area is 312 Å². The van der Waals surface area contributed by atoms with Crippen LogP contribution in [0.15, 0.2) is 12.2 Å². The van der Waals surface area contributed by atoms with E-state index in [0.29, 0.717) is 12.8 Å². The molecule has 0 bridgehead atoms. The van der Waals surface area contributed by atoms with Crippen LogP contribution in [-0.2, 0) is 33.2 Å². The minimum atomic E-state index is -1.19. The Morgan fingerprint density at radius 1 is 0.774 bits per heavy atom. The number of rotatable bonds is 9. The lowest BCUT2D eigenvalue weighted by Gasteiger charge is -2.62. The number of hydrogen-bond donors (Lipinski definition) is 7. The lowest BCUT2D eigenvalue weighted by Crippen LogP contribution is -2.58. The average molecular weight is 757 g/mol. The van der Waals surface area contributed by atoms with Crippen LogP contribution in [0.4, 0.5) is 0 Å². The predicted molar refractivity (Wildman–Crippen MR) is 188 cm³/mol. The van der Waals surface area contributed by atoms with Crippen molar-refractivity contribution < 1.29 is 69.0 Å². The van der Waals surface area contributed by atoms with Gasteiger partial charge in [0.15, 0.2) is 12.6 Å². The second-order valence-corrected chi connectivity index (χ2v) is 17.9. The molecule has 3 saturated heterocycles. The average Bonchev–Trinajstić information content (AvgIpc) is 3.19. The molecule has 3 heterocycles. The number of carbonyl (C=O) groups is 1. The van der Waals surface area contributed by atoms with Gasteiger partial charge in [0.05, 0.1) is 55.3 Å². The smallest absolute Gasteiger partial charge is 0.314 e. The number of hydrogen-bond acceptors (Lipinski definition) is 14. The van der Waals surface area contributed by atoms with Gasteiger partial charge in [-0.3, -0.25) is 4.79 Å². The highest BCUT2D eigenvalue weighted by atomic mass is 16.7. The Kier molecular flexibility index (Phi) is 12.4. The fraction of sp³-hybridized carbons (Fsp3) is 0.923. The van der Waals surface area contributed by atoms with E-state index in [1.54, 1.807) is 0 Å². The minimum Gasteiger partial charge on any atom is -0.435 e. The third-order valence-corrected chi connectivity index (χ3v) is 14.2. The van der Waals surface area contributed by atoms with Crippen LogP contribution < -0.4 is 0 Å². The fourth-order valence-corrected chi connectivity index (χ4v) is 11.3. The molecule has 0 unspecified atom stereocenters. The van der Waals surface area contributed by atoms with Gasteiger partial charge in [0, 0.05) is 25.7 Å². The SMILES string of the molecule is C=C1C[C@@]2(C)CC[C@H]3[C@@](C)(CCC[C@@]3(C)C(=O)O[C@H]3C[C@@H](O)[C@H](O[C@H]4C[C@@H](O)C[C@@H](CO)O4)[C@@H](CO)O3)[C@@H]2CC[C@@]1(C)O[C@H]1C[C@@H](O)[C@H](O)[C@@H](CO)O1. The van der Waals surface area contributed by atoms with Crippen molar-refractivity contribution in [2.45, 2.75) is 178 Å². The summed E-state index contributed by atoms with van der Waals surface area (Å²) >= 11 is 0. The van der Waals surface area contributed by atoms with Crippen molar-refractivity contribution in [2.24, 2.45) is 28.1 Å². The van der Waals surface area contributed by atoms with Crippen LogP contribution in [0.5, 0.6) is 0 Å². The Morgan fingerprint density at radius 3 is 2.15 bits per heavy atom. The molecule has 0 aromatic carbocycles. The molecule has 3 aliphatic heterocycles. The topological polar surface area (TPSA) is 214 Å². The van der Waals surface area contributed by atoms with Gasteiger partial charge in [-0.25, -0.2) is 0 Å². The summed E-state index contributed by atoms with van der Waals surface area (Å²) in [5, 5.41) is 71.5. The van der Waals surface area contributed by atoms with Crippen molar-refractivity contribution >= 4 is 5.97 Å². The van der Waals surface area contributed by atoms with Gasteiger partial charge in [-0.2, -0.15) is 0 Å². The zero-order valence-electron chi connectivity index (χ0n) is 31.8. The van der Waals surface area contributed by atoms with E-state index in [1.807, 2.05) is 13.8 Å². The molecule has 0 radical (unpaired) electrons. The summed E-state index contributed by atoms with van der Waals surface area (Å²) in [5.41, 5.74) is -0.933. The van der Waals surface area contributed by atoms with Gasteiger partial charge >= 0.3 is 5.97 Å². The zero-order valence-corrected chi connectivity index (χ0v) is 31.8. The number of ether oxygens (including phenoxy) is 6. The normalized spacial score (nSPS) is 50.8. The van der Waals surface area contributed by atoms with E-state index in [0.717, 1.165) is 44.1 Å². The first kappa shape index (κ1) is 41.4. The maximum absolute atomic E-state index is 14.3. The molecule has 0 spiro atoms. The lowest BCUT2D eigenvalue weighted by atomic mass is 9.42. The molecule has 0 aromatic rings. The number of carbonyl (C=O) groups excluding carboxylic acids is 1. The maximum atomic E-state index is 14.3. The molecule has 304 valence electrons. The quantitative estimate of drug-likeness (QED) is 0.132. The summed E-state index contributed by atoms with van der Waals surface area (Å²) < 4.78 is 36.2. The van der Waals surface area contributed by atoms with Gasteiger partial charge in [-0.1, -0.05) is 26.8 Å². The molecule has 0 amide bonds. The fourth-order valence-electron chi connectivity index (χ4n) is 11.3. The highest BCUT2D eigenvalue weighted by molar-refractivity contribution is 5.77. The Bertz CT molecular complexity index is 1300. The van der Waals surface area contributed by atoms with E-state index in [2.05, 4.69) is 20.4 Å². The molecule has 17 atom stereocenters. The van der Waals surface area contributed by atoms with Gasteiger partial charge in [-0.05, 0) is 87.0 Å². The summed E-state index contributed by atoms with van der Waals surface area (Å²) in [4.78, 5) is 14.3. The van der Waals surface area contributed by atoms with Crippen molar-refractivity contribution in [1.29, 1.82) is 0 Å². The van der Waals surface area contributed by atoms with Crippen molar-refractivity contribution in [3.63, 3.8) is 0 Å². The van der Waals surface area contributed by atoms with Crippen LogP contribution in [0, 0.1) is 28.1 Å². The lowest BCUT2D eigenvalue weighted by molar-refractivity contribution is -0.308. The number of aliphatic hydroxyl groups is 7. The molecular formula is C39H64O14. The van der Waals surface area contributed by atoms with Gasteiger partial charge in [0.2, 0.25) is 6.29 Å². The second-order valence-electron chi connectivity index (χ2n) is 17.9. The van der Waals surface area contributed by atoms with Crippen LogP contribution in [0.25, 0.3) is 0 Å². The van der Waals surface area contributed by atoms with E-state index >= 15 is 0 Å².